The third kappa shape index (κ3) is 3.25. The van der Waals surface area contributed by atoms with Crippen molar-refractivity contribution in [3.8, 4) is 5.75 Å². The van der Waals surface area contributed by atoms with Gasteiger partial charge in [0.2, 0.25) is 0 Å². The van der Waals surface area contributed by atoms with E-state index in [0.717, 1.165) is 34.6 Å². The van der Waals surface area contributed by atoms with E-state index < -0.39 is 0 Å². The van der Waals surface area contributed by atoms with Gasteiger partial charge in [0.05, 0.1) is 24.4 Å². The molecule has 0 bridgehead atoms. The topological polar surface area (TPSA) is 37.4 Å². The highest BCUT2D eigenvalue weighted by molar-refractivity contribution is 6.04. The molecule has 0 unspecified atom stereocenters. The Bertz CT molecular complexity index is 875. The third-order valence-electron chi connectivity index (χ3n) is 4.64. The second-order valence-electron chi connectivity index (χ2n) is 6.64. The van der Waals surface area contributed by atoms with Gasteiger partial charge in [-0.25, -0.2) is 4.98 Å². The van der Waals surface area contributed by atoms with E-state index in [4.69, 9.17) is 9.72 Å². The number of anilines is 2. The fourth-order valence-corrected chi connectivity index (χ4v) is 3.20. The number of rotatable bonds is 6. The Hall–Kier alpha value is -2.75. The zero-order chi connectivity index (χ0) is 17.2. The van der Waals surface area contributed by atoms with Gasteiger partial charge >= 0.3 is 0 Å². The van der Waals surface area contributed by atoms with Crippen molar-refractivity contribution >= 4 is 22.3 Å². The minimum atomic E-state index is 0.587. The molecule has 1 saturated carbocycles. The standard InChI is InChI=1S/C21H23N3O/c1-24(14-15-7-4-3-5-8-15)21-20-17(9-6-10-19(20)25-2)18(13-22-21)23-16-11-12-16/h3-10,13,16,23H,11-12,14H2,1-2H3. The Morgan fingerprint density at radius 2 is 1.92 bits per heavy atom. The molecule has 4 rings (SSSR count). The number of hydrogen-bond donors (Lipinski definition) is 1. The number of nitrogens with one attached hydrogen (secondary N) is 1. The molecule has 1 aliphatic rings. The molecule has 0 amide bonds. The van der Waals surface area contributed by atoms with Crippen LogP contribution in [0.25, 0.3) is 10.8 Å². The summed E-state index contributed by atoms with van der Waals surface area (Å²) in [4.78, 5) is 6.96. The largest absolute Gasteiger partial charge is 0.496 e. The molecule has 1 aromatic heterocycles. The predicted molar refractivity (Wildman–Crippen MR) is 103 cm³/mol. The van der Waals surface area contributed by atoms with Crippen LogP contribution >= 0.6 is 0 Å². The molecule has 25 heavy (non-hydrogen) atoms. The van der Waals surface area contributed by atoms with Crippen LogP contribution in [0.5, 0.6) is 5.75 Å². The van der Waals surface area contributed by atoms with Gasteiger partial charge < -0.3 is 15.0 Å². The fraction of sp³-hybridized carbons (Fsp3) is 0.286. The summed E-state index contributed by atoms with van der Waals surface area (Å²) in [5.41, 5.74) is 2.35. The highest BCUT2D eigenvalue weighted by atomic mass is 16.5. The van der Waals surface area contributed by atoms with E-state index in [2.05, 4.69) is 47.6 Å². The molecule has 2 aromatic carbocycles. The second kappa shape index (κ2) is 6.63. The average Bonchev–Trinajstić information content (AvgIpc) is 3.46. The SMILES string of the molecule is COc1cccc2c(NC3CC3)cnc(N(C)Cc3ccccc3)c12. The number of benzene rings is 2. The summed E-state index contributed by atoms with van der Waals surface area (Å²) in [5.74, 6) is 1.80. The lowest BCUT2D eigenvalue weighted by atomic mass is 10.1. The van der Waals surface area contributed by atoms with Crippen LogP contribution < -0.4 is 15.0 Å². The van der Waals surface area contributed by atoms with Gasteiger partial charge in [-0.3, -0.25) is 0 Å². The first-order valence-corrected chi connectivity index (χ1v) is 8.73. The van der Waals surface area contributed by atoms with E-state index in [1.807, 2.05) is 24.4 Å². The second-order valence-corrected chi connectivity index (χ2v) is 6.64. The maximum atomic E-state index is 5.65. The third-order valence-corrected chi connectivity index (χ3v) is 4.64. The van der Waals surface area contributed by atoms with Gasteiger partial charge in [0.25, 0.3) is 0 Å². The van der Waals surface area contributed by atoms with Crippen molar-refractivity contribution in [2.75, 3.05) is 24.4 Å². The number of hydrogen-bond acceptors (Lipinski definition) is 4. The van der Waals surface area contributed by atoms with E-state index in [0.29, 0.717) is 6.04 Å². The molecule has 1 N–H and O–H groups in total. The maximum Gasteiger partial charge on any atom is 0.140 e. The number of aromatic nitrogens is 1. The first kappa shape index (κ1) is 15.8. The number of nitrogens with zero attached hydrogens (tertiary/aromatic N) is 2. The summed E-state index contributed by atoms with van der Waals surface area (Å²) in [6.07, 6.45) is 4.43. The van der Waals surface area contributed by atoms with Crippen LogP contribution in [-0.2, 0) is 6.54 Å². The number of methoxy groups -OCH3 is 1. The molecule has 0 spiro atoms. The lowest BCUT2D eigenvalue weighted by molar-refractivity contribution is 0.419. The summed E-state index contributed by atoms with van der Waals surface area (Å²) in [5, 5.41) is 5.82. The molecule has 1 fully saturated rings. The van der Waals surface area contributed by atoms with Gasteiger partial charge in [-0.15, -0.1) is 0 Å². The molecule has 1 heterocycles. The first-order chi connectivity index (χ1) is 12.3. The number of ether oxygens (including phenoxy) is 1. The summed E-state index contributed by atoms with van der Waals surface area (Å²) >= 11 is 0. The molecule has 0 aliphatic heterocycles. The van der Waals surface area contributed by atoms with Gasteiger partial charge in [0.1, 0.15) is 11.6 Å². The zero-order valence-corrected chi connectivity index (χ0v) is 14.7. The van der Waals surface area contributed by atoms with E-state index in [9.17, 15) is 0 Å². The minimum Gasteiger partial charge on any atom is -0.496 e. The van der Waals surface area contributed by atoms with Gasteiger partial charge in [-0.05, 0) is 24.5 Å². The van der Waals surface area contributed by atoms with Crippen LogP contribution in [0.1, 0.15) is 18.4 Å². The van der Waals surface area contributed by atoms with Gasteiger partial charge in [-0.2, -0.15) is 0 Å². The summed E-state index contributed by atoms with van der Waals surface area (Å²) < 4.78 is 5.65. The molecular formula is C21H23N3O. The molecule has 4 nitrogen and oxygen atoms in total. The molecule has 128 valence electrons. The van der Waals surface area contributed by atoms with Crippen molar-refractivity contribution in [3.05, 3.63) is 60.3 Å². The normalized spacial score (nSPS) is 13.7. The zero-order valence-electron chi connectivity index (χ0n) is 14.7. The van der Waals surface area contributed by atoms with Crippen molar-refractivity contribution in [1.82, 2.24) is 4.98 Å². The number of fused-ring (bicyclic) bond motifs is 1. The van der Waals surface area contributed by atoms with Crippen LogP contribution in [0.4, 0.5) is 11.5 Å². The van der Waals surface area contributed by atoms with Crippen molar-refractivity contribution in [2.45, 2.75) is 25.4 Å². The fourth-order valence-electron chi connectivity index (χ4n) is 3.20. The molecule has 4 heteroatoms. The summed E-state index contributed by atoms with van der Waals surface area (Å²) in [6, 6.07) is 17.2. The smallest absolute Gasteiger partial charge is 0.140 e. The Kier molecular flexibility index (Phi) is 4.18. The van der Waals surface area contributed by atoms with E-state index >= 15 is 0 Å². The molecular weight excluding hydrogens is 310 g/mol. The van der Waals surface area contributed by atoms with Crippen LogP contribution in [0.2, 0.25) is 0 Å². The van der Waals surface area contributed by atoms with Crippen LogP contribution in [0.15, 0.2) is 54.7 Å². The highest BCUT2D eigenvalue weighted by Gasteiger charge is 2.23. The Balaban J connectivity index is 1.77. The first-order valence-electron chi connectivity index (χ1n) is 8.73. The molecule has 3 aromatic rings. The molecule has 0 atom stereocenters. The highest BCUT2D eigenvalue weighted by Crippen LogP contribution is 2.38. The predicted octanol–water partition coefficient (Wildman–Crippen LogP) is 4.45. The van der Waals surface area contributed by atoms with Crippen molar-refractivity contribution in [2.24, 2.45) is 0 Å². The van der Waals surface area contributed by atoms with Gasteiger partial charge in [0.15, 0.2) is 0 Å². The van der Waals surface area contributed by atoms with Crippen LogP contribution in [0, 0.1) is 0 Å². The Labute approximate surface area is 148 Å². The lowest BCUT2D eigenvalue weighted by Crippen LogP contribution is -2.18. The summed E-state index contributed by atoms with van der Waals surface area (Å²) in [6.45, 7) is 0.802. The molecule has 0 saturated heterocycles. The van der Waals surface area contributed by atoms with Gasteiger partial charge in [0, 0.05) is 25.0 Å². The van der Waals surface area contributed by atoms with Gasteiger partial charge in [-0.1, -0.05) is 42.5 Å². The minimum absolute atomic E-state index is 0.587. The lowest BCUT2D eigenvalue weighted by Gasteiger charge is -2.22. The quantitative estimate of drug-likeness (QED) is 0.723. The molecule has 1 aliphatic carbocycles. The van der Waals surface area contributed by atoms with E-state index in [1.54, 1.807) is 7.11 Å². The van der Waals surface area contributed by atoms with Crippen molar-refractivity contribution in [1.29, 1.82) is 0 Å². The average molecular weight is 333 g/mol. The maximum absolute atomic E-state index is 5.65. The van der Waals surface area contributed by atoms with Crippen molar-refractivity contribution in [3.63, 3.8) is 0 Å². The van der Waals surface area contributed by atoms with Crippen molar-refractivity contribution < 1.29 is 4.74 Å². The Morgan fingerprint density at radius 1 is 1.12 bits per heavy atom. The van der Waals surface area contributed by atoms with E-state index in [-0.39, 0.29) is 0 Å². The Morgan fingerprint density at radius 3 is 2.64 bits per heavy atom. The monoisotopic (exact) mass is 333 g/mol. The molecule has 0 radical (unpaired) electrons. The van der Waals surface area contributed by atoms with Crippen LogP contribution in [0.3, 0.4) is 0 Å². The number of pyridine rings is 1. The summed E-state index contributed by atoms with van der Waals surface area (Å²) in [7, 11) is 3.80. The van der Waals surface area contributed by atoms with Crippen LogP contribution in [-0.4, -0.2) is 25.2 Å². The van der Waals surface area contributed by atoms with E-state index in [1.165, 1.54) is 18.4 Å².